The van der Waals surface area contributed by atoms with E-state index in [0.717, 1.165) is 13.0 Å². The van der Waals surface area contributed by atoms with Crippen LogP contribution in [0.2, 0.25) is 0 Å². The Morgan fingerprint density at radius 1 is 1.12 bits per heavy atom. The zero-order chi connectivity index (χ0) is 17.7. The van der Waals surface area contributed by atoms with Crippen LogP contribution in [0.15, 0.2) is 23.1 Å². The van der Waals surface area contributed by atoms with Crippen molar-refractivity contribution in [3.05, 3.63) is 29.3 Å². The van der Waals surface area contributed by atoms with Crippen molar-refractivity contribution >= 4 is 22.0 Å². The Balaban J connectivity index is 2.39. The van der Waals surface area contributed by atoms with Gasteiger partial charge in [0, 0.05) is 12.6 Å². The van der Waals surface area contributed by atoms with E-state index in [-0.39, 0.29) is 22.1 Å². The summed E-state index contributed by atoms with van der Waals surface area (Å²) in [5, 5.41) is 3.11. The molecule has 1 saturated heterocycles. The van der Waals surface area contributed by atoms with Gasteiger partial charge in [-0.25, -0.2) is 22.7 Å². The van der Waals surface area contributed by atoms with Gasteiger partial charge in [-0.3, -0.25) is 0 Å². The summed E-state index contributed by atoms with van der Waals surface area (Å²) >= 11 is 0. The molecule has 9 heteroatoms. The molecule has 1 aliphatic heterocycles. The van der Waals surface area contributed by atoms with Gasteiger partial charge in [-0.2, -0.15) is 0 Å². The largest absolute Gasteiger partial charge is 0.465 e. The highest BCUT2D eigenvalue weighted by Crippen LogP contribution is 2.18. The van der Waals surface area contributed by atoms with Crippen LogP contribution in [-0.2, 0) is 19.5 Å². The maximum absolute atomic E-state index is 12.6. The van der Waals surface area contributed by atoms with E-state index in [0.29, 0.717) is 13.0 Å². The molecule has 1 aliphatic rings. The number of sulfonamides is 1. The fraction of sp³-hybridized carbons (Fsp3) is 0.467. The van der Waals surface area contributed by atoms with Gasteiger partial charge in [-0.15, -0.1) is 0 Å². The average Bonchev–Trinajstić information content (AvgIpc) is 2.60. The first kappa shape index (κ1) is 18.4. The molecule has 1 heterocycles. The van der Waals surface area contributed by atoms with Gasteiger partial charge in [-0.05, 0) is 37.6 Å². The van der Waals surface area contributed by atoms with E-state index >= 15 is 0 Å². The fourth-order valence-corrected chi connectivity index (χ4v) is 3.81. The predicted molar refractivity (Wildman–Crippen MR) is 85.3 cm³/mol. The van der Waals surface area contributed by atoms with Crippen LogP contribution < -0.4 is 10.0 Å². The van der Waals surface area contributed by atoms with Crippen molar-refractivity contribution in [2.24, 2.45) is 0 Å². The van der Waals surface area contributed by atoms with E-state index in [9.17, 15) is 18.0 Å². The Kier molecular flexibility index (Phi) is 5.92. The standard InChI is InChI=1S/C15H20N2O6S/c1-22-14(18)10-6-11(15(19)23-2)8-13(7-10)24(20,21)17-12-4-3-5-16-9-12/h6-8,12,16-17H,3-5,9H2,1-2H3. The van der Waals surface area contributed by atoms with Crippen LogP contribution in [0.5, 0.6) is 0 Å². The Morgan fingerprint density at radius 2 is 1.71 bits per heavy atom. The fourth-order valence-electron chi connectivity index (χ4n) is 2.47. The highest BCUT2D eigenvalue weighted by Gasteiger charge is 2.24. The zero-order valence-electron chi connectivity index (χ0n) is 13.5. The monoisotopic (exact) mass is 356 g/mol. The zero-order valence-corrected chi connectivity index (χ0v) is 14.3. The van der Waals surface area contributed by atoms with E-state index in [1.54, 1.807) is 0 Å². The topological polar surface area (TPSA) is 111 Å². The van der Waals surface area contributed by atoms with Crippen molar-refractivity contribution in [2.75, 3.05) is 27.3 Å². The van der Waals surface area contributed by atoms with Gasteiger partial charge >= 0.3 is 11.9 Å². The van der Waals surface area contributed by atoms with Gasteiger partial charge in [0.1, 0.15) is 0 Å². The Hall–Kier alpha value is -1.97. The number of carbonyl (C=O) groups excluding carboxylic acids is 2. The molecule has 132 valence electrons. The molecule has 24 heavy (non-hydrogen) atoms. The van der Waals surface area contributed by atoms with E-state index in [1.165, 1.54) is 32.4 Å². The number of methoxy groups -OCH3 is 2. The highest BCUT2D eigenvalue weighted by molar-refractivity contribution is 7.89. The molecule has 1 fully saturated rings. The summed E-state index contributed by atoms with van der Waals surface area (Å²) in [6.07, 6.45) is 1.58. The molecule has 1 unspecified atom stereocenters. The molecule has 1 atom stereocenters. The molecular weight excluding hydrogens is 336 g/mol. The van der Waals surface area contributed by atoms with Crippen molar-refractivity contribution in [1.29, 1.82) is 0 Å². The van der Waals surface area contributed by atoms with Gasteiger partial charge in [-0.1, -0.05) is 0 Å². The smallest absolute Gasteiger partial charge is 0.337 e. The first-order chi connectivity index (χ1) is 11.4. The minimum absolute atomic E-state index is 0.0393. The van der Waals surface area contributed by atoms with Crippen LogP contribution in [0.25, 0.3) is 0 Å². The average molecular weight is 356 g/mol. The van der Waals surface area contributed by atoms with Crippen molar-refractivity contribution in [3.8, 4) is 0 Å². The molecule has 0 aromatic heterocycles. The lowest BCUT2D eigenvalue weighted by molar-refractivity contribution is 0.0598. The van der Waals surface area contributed by atoms with Crippen LogP contribution in [0, 0.1) is 0 Å². The molecule has 0 spiro atoms. The second kappa shape index (κ2) is 7.73. The molecule has 0 saturated carbocycles. The number of nitrogens with one attached hydrogen (secondary N) is 2. The summed E-state index contributed by atoms with van der Waals surface area (Å²) in [6.45, 7) is 1.38. The second-order valence-electron chi connectivity index (χ2n) is 5.39. The van der Waals surface area contributed by atoms with Crippen LogP contribution in [0.1, 0.15) is 33.6 Å². The summed E-state index contributed by atoms with van der Waals surface area (Å²) in [5.41, 5.74) is -0.0786. The minimum Gasteiger partial charge on any atom is -0.465 e. The molecular formula is C15H20N2O6S. The summed E-state index contributed by atoms with van der Waals surface area (Å²) in [5.74, 6) is -1.48. The SMILES string of the molecule is COC(=O)c1cc(C(=O)OC)cc(S(=O)(=O)NC2CCCNC2)c1. The summed E-state index contributed by atoms with van der Waals surface area (Å²) in [6, 6.07) is 3.35. The molecule has 1 aromatic rings. The first-order valence-electron chi connectivity index (χ1n) is 7.42. The van der Waals surface area contributed by atoms with Crippen molar-refractivity contribution in [2.45, 2.75) is 23.8 Å². The maximum Gasteiger partial charge on any atom is 0.337 e. The number of benzene rings is 1. The third kappa shape index (κ3) is 4.31. The molecule has 0 amide bonds. The molecule has 8 nitrogen and oxygen atoms in total. The minimum atomic E-state index is -3.89. The van der Waals surface area contributed by atoms with Crippen LogP contribution in [0.3, 0.4) is 0 Å². The Bertz CT molecular complexity index is 691. The van der Waals surface area contributed by atoms with Crippen LogP contribution >= 0.6 is 0 Å². The van der Waals surface area contributed by atoms with Gasteiger partial charge in [0.05, 0.1) is 30.2 Å². The van der Waals surface area contributed by atoms with Gasteiger partial charge < -0.3 is 14.8 Å². The first-order valence-corrected chi connectivity index (χ1v) is 8.90. The number of esters is 2. The number of hydrogen-bond donors (Lipinski definition) is 2. The number of ether oxygens (including phenoxy) is 2. The van der Waals surface area contributed by atoms with Gasteiger partial charge in [0.2, 0.25) is 10.0 Å². The van der Waals surface area contributed by atoms with E-state index in [1.807, 2.05) is 0 Å². The lowest BCUT2D eigenvalue weighted by atomic mass is 10.1. The van der Waals surface area contributed by atoms with Crippen LogP contribution in [0.4, 0.5) is 0 Å². The normalized spacial score (nSPS) is 18.0. The van der Waals surface area contributed by atoms with Crippen molar-refractivity contribution < 1.29 is 27.5 Å². The van der Waals surface area contributed by atoms with Crippen molar-refractivity contribution in [3.63, 3.8) is 0 Å². The molecule has 0 radical (unpaired) electrons. The van der Waals surface area contributed by atoms with Crippen LogP contribution in [-0.4, -0.2) is 53.7 Å². The molecule has 2 rings (SSSR count). The highest BCUT2D eigenvalue weighted by atomic mass is 32.2. The lowest BCUT2D eigenvalue weighted by Gasteiger charge is -2.23. The van der Waals surface area contributed by atoms with Gasteiger partial charge in [0.25, 0.3) is 0 Å². The number of hydrogen-bond acceptors (Lipinski definition) is 7. The third-order valence-electron chi connectivity index (χ3n) is 3.68. The summed E-state index contributed by atoms with van der Waals surface area (Å²) in [7, 11) is -1.55. The van der Waals surface area contributed by atoms with Gasteiger partial charge in [0.15, 0.2) is 0 Å². The predicted octanol–water partition coefficient (Wildman–Crippen LogP) is 0.290. The number of carbonyl (C=O) groups is 2. The summed E-state index contributed by atoms with van der Waals surface area (Å²) < 4.78 is 37.0. The number of piperidine rings is 1. The van der Waals surface area contributed by atoms with E-state index < -0.39 is 22.0 Å². The van der Waals surface area contributed by atoms with E-state index in [4.69, 9.17) is 0 Å². The summed E-state index contributed by atoms with van der Waals surface area (Å²) in [4.78, 5) is 23.3. The maximum atomic E-state index is 12.6. The van der Waals surface area contributed by atoms with E-state index in [2.05, 4.69) is 19.5 Å². The Morgan fingerprint density at radius 3 is 2.17 bits per heavy atom. The Labute approximate surface area is 140 Å². The van der Waals surface area contributed by atoms with Crippen molar-refractivity contribution in [1.82, 2.24) is 10.0 Å². The quantitative estimate of drug-likeness (QED) is 0.730. The molecule has 0 aliphatic carbocycles. The molecule has 0 bridgehead atoms. The molecule has 2 N–H and O–H groups in total. The molecule has 1 aromatic carbocycles. The second-order valence-corrected chi connectivity index (χ2v) is 7.11. The number of rotatable bonds is 5. The third-order valence-corrected chi connectivity index (χ3v) is 5.18. The lowest BCUT2D eigenvalue weighted by Crippen LogP contribution is -2.45.